The lowest BCUT2D eigenvalue weighted by molar-refractivity contribution is -0.137. The number of nitrogens with one attached hydrogen (secondary N) is 1. The maximum absolute atomic E-state index is 13.0. The number of nitrogens with zero attached hydrogens (tertiary/aromatic N) is 6. The topological polar surface area (TPSA) is 72.5 Å². The number of hydrogen-bond donors (Lipinski definition) is 1. The van der Waals surface area contributed by atoms with E-state index < -0.39 is 11.7 Å². The van der Waals surface area contributed by atoms with E-state index in [1.165, 1.54) is 12.1 Å². The number of rotatable bonds is 6. The third-order valence-corrected chi connectivity index (χ3v) is 6.07. The number of anilines is 2. The number of ether oxygens (including phenoxy) is 1. The van der Waals surface area contributed by atoms with Gasteiger partial charge in [-0.05, 0) is 24.6 Å². The number of imidazole rings is 1. The van der Waals surface area contributed by atoms with Gasteiger partial charge in [-0.15, -0.1) is 0 Å². The molecule has 4 aromatic rings. The molecular weight excluding hydrogens is 459 g/mol. The molecule has 0 saturated carbocycles. The van der Waals surface area contributed by atoms with Crippen LogP contribution in [0.4, 0.5) is 24.8 Å². The van der Waals surface area contributed by atoms with Crippen molar-refractivity contribution in [2.75, 3.05) is 31.6 Å². The average Bonchev–Trinajstić information content (AvgIpc) is 3.37. The molecule has 8 nitrogen and oxygen atoms in total. The Morgan fingerprint density at radius 2 is 1.83 bits per heavy atom. The van der Waals surface area contributed by atoms with E-state index in [-0.39, 0.29) is 0 Å². The van der Waals surface area contributed by atoms with Crippen LogP contribution in [-0.2, 0) is 30.9 Å². The van der Waals surface area contributed by atoms with Crippen LogP contribution in [-0.4, -0.2) is 55.4 Å². The van der Waals surface area contributed by atoms with Crippen molar-refractivity contribution in [2.24, 2.45) is 7.05 Å². The van der Waals surface area contributed by atoms with Gasteiger partial charge in [0.1, 0.15) is 11.6 Å². The first-order valence-electron chi connectivity index (χ1n) is 11.4. The number of halogens is 3. The van der Waals surface area contributed by atoms with Crippen LogP contribution in [0.2, 0.25) is 0 Å². The highest BCUT2D eigenvalue weighted by atomic mass is 19.4. The number of aryl methyl sites for hydroxylation is 2. The number of fused-ring (bicyclic) bond motifs is 1. The molecule has 0 aliphatic carbocycles. The van der Waals surface area contributed by atoms with Crippen LogP contribution in [0.5, 0.6) is 0 Å². The van der Waals surface area contributed by atoms with Gasteiger partial charge in [-0.25, -0.2) is 14.5 Å². The number of benzene rings is 1. The van der Waals surface area contributed by atoms with Gasteiger partial charge in [0, 0.05) is 50.9 Å². The zero-order valence-corrected chi connectivity index (χ0v) is 19.5. The SMILES string of the molecule is Cc1nn2c(CN3CCOCC3)cc(Nc3cn(C)cn3)nc2c1Cc1ccc(C(F)(F)F)cc1. The van der Waals surface area contributed by atoms with Gasteiger partial charge < -0.3 is 14.6 Å². The van der Waals surface area contributed by atoms with E-state index in [0.717, 1.165) is 47.7 Å². The second-order valence-corrected chi connectivity index (χ2v) is 8.74. The van der Waals surface area contributed by atoms with Gasteiger partial charge in [0.15, 0.2) is 5.65 Å². The Bertz CT molecular complexity index is 1320. The first-order chi connectivity index (χ1) is 16.8. The summed E-state index contributed by atoms with van der Waals surface area (Å²) >= 11 is 0. The third kappa shape index (κ3) is 5.15. The standard InChI is InChI=1S/C24H26F3N7O/c1-16-20(11-17-3-5-18(6-4-17)24(25,26)27)23-30-21(29-22-14-32(2)15-28-22)12-19(34(23)31-16)13-33-7-9-35-10-8-33/h3-6,12,14-15H,7-11,13H2,1-2H3,(H,29,30). The van der Waals surface area contributed by atoms with E-state index in [1.807, 2.05) is 35.3 Å². The fourth-order valence-electron chi connectivity index (χ4n) is 4.22. The van der Waals surface area contributed by atoms with Crippen molar-refractivity contribution in [1.82, 2.24) is 29.0 Å². The third-order valence-electron chi connectivity index (χ3n) is 6.07. The molecule has 0 atom stereocenters. The van der Waals surface area contributed by atoms with Crippen LogP contribution in [0.1, 0.15) is 28.1 Å². The molecule has 5 rings (SSSR count). The Morgan fingerprint density at radius 1 is 1.09 bits per heavy atom. The van der Waals surface area contributed by atoms with Crippen LogP contribution in [0.3, 0.4) is 0 Å². The Labute approximate surface area is 200 Å². The van der Waals surface area contributed by atoms with Gasteiger partial charge in [-0.3, -0.25) is 4.90 Å². The normalized spacial score (nSPS) is 15.1. The minimum Gasteiger partial charge on any atom is -0.379 e. The van der Waals surface area contributed by atoms with Crippen LogP contribution in [0.25, 0.3) is 5.65 Å². The summed E-state index contributed by atoms with van der Waals surface area (Å²) in [5, 5.41) is 8.02. The zero-order chi connectivity index (χ0) is 24.6. The first-order valence-corrected chi connectivity index (χ1v) is 11.4. The molecular formula is C24H26F3N7O. The lowest BCUT2D eigenvalue weighted by Crippen LogP contribution is -2.36. The first kappa shape index (κ1) is 23.3. The van der Waals surface area contributed by atoms with Crippen molar-refractivity contribution in [3.05, 3.63) is 70.9 Å². The molecule has 0 unspecified atom stereocenters. The second-order valence-electron chi connectivity index (χ2n) is 8.74. The van der Waals surface area contributed by atoms with Crippen molar-refractivity contribution in [3.8, 4) is 0 Å². The Hall–Kier alpha value is -3.44. The highest BCUT2D eigenvalue weighted by Crippen LogP contribution is 2.30. The van der Waals surface area contributed by atoms with Gasteiger partial charge in [-0.2, -0.15) is 18.3 Å². The average molecular weight is 486 g/mol. The molecule has 0 bridgehead atoms. The highest BCUT2D eigenvalue weighted by molar-refractivity contribution is 5.60. The monoisotopic (exact) mass is 485 g/mol. The Balaban J connectivity index is 1.52. The largest absolute Gasteiger partial charge is 0.416 e. The van der Waals surface area contributed by atoms with E-state index in [4.69, 9.17) is 14.8 Å². The lowest BCUT2D eigenvalue weighted by atomic mass is 10.0. The molecule has 0 radical (unpaired) electrons. The summed E-state index contributed by atoms with van der Waals surface area (Å²) in [7, 11) is 1.89. The molecule has 35 heavy (non-hydrogen) atoms. The molecule has 1 fully saturated rings. The van der Waals surface area contributed by atoms with Gasteiger partial charge in [-0.1, -0.05) is 12.1 Å². The smallest absolute Gasteiger partial charge is 0.379 e. The van der Waals surface area contributed by atoms with E-state index in [0.29, 0.717) is 43.5 Å². The summed E-state index contributed by atoms with van der Waals surface area (Å²) in [6.45, 7) is 5.59. The maximum atomic E-state index is 13.0. The van der Waals surface area contributed by atoms with E-state index in [2.05, 4.69) is 15.2 Å². The van der Waals surface area contributed by atoms with Crippen molar-refractivity contribution < 1.29 is 17.9 Å². The quantitative estimate of drug-likeness (QED) is 0.446. The molecule has 0 amide bonds. The summed E-state index contributed by atoms with van der Waals surface area (Å²) in [5.41, 5.74) is 3.39. The van der Waals surface area contributed by atoms with Crippen LogP contribution < -0.4 is 5.32 Å². The van der Waals surface area contributed by atoms with Crippen molar-refractivity contribution in [1.29, 1.82) is 0 Å². The Morgan fingerprint density at radius 3 is 2.49 bits per heavy atom. The molecule has 1 N–H and O–H groups in total. The van der Waals surface area contributed by atoms with Gasteiger partial charge in [0.05, 0.1) is 36.5 Å². The van der Waals surface area contributed by atoms with Gasteiger partial charge >= 0.3 is 6.18 Å². The molecule has 1 saturated heterocycles. The molecule has 1 aliphatic rings. The summed E-state index contributed by atoms with van der Waals surface area (Å²) in [5.74, 6) is 1.30. The molecule has 1 aromatic carbocycles. The zero-order valence-electron chi connectivity index (χ0n) is 19.5. The predicted octanol–water partition coefficient (Wildman–Crippen LogP) is 3.96. The van der Waals surface area contributed by atoms with Gasteiger partial charge in [0.25, 0.3) is 0 Å². The fourth-order valence-corrected chi connectivity index (χ4v) is 4.22. The van der Waals surface area contributed by atoms with E-state index in [9.17, 15) is 13.2 Å². The van der Waals surface area contributed by atoms with E-state index >= 15 is 0 Å². The number of alkyl halides is 3. The predicted molar refractivity (Wildman–Crippen MR) is 125 cm³/mol. The number of hydrogen-bond acceptors (Lipinski definition) is 6. The summed E-state index contributed by atoms with van der Waals surface area (Å²) in [4.78, 5) is 11.5. The number of morpholine rings is 1. The van der Waals surface area contributed by atoms with Crippen LogP contribution in [0, 0.1) is 6.92 Å². The summed E-state index contributed by atoms with van der Waals surface area (Å²) in [6, 6.07) is 7.21. The van der Waals surface area contributed by atoms with E-state index in [1.54, 1.807) is 6.33 Å². The lowest BCUT2D eigenvalue weighted by Gasteiger charge is -2.26. The molecule has 3 aromatic heterocycles. The molecule has 4 heterocycles. The Kier molecular flexibility index (Phi) is 6.20. The number of aromatic nitrogens is 5. The van der Waals surface area contributed by atoms with Crippen LogP contribution >= 0.6 is 0 Å². The second kappa shape index (κ2) is 9.31. The van der Waals surface area contributed by atoms with Crippen molar-refractivity contribution in [3.63, 3.8) is 0 Å². The molecule has 0 spiro atoms. The minimum atomic E-state index is -4.36. The van der Waals surface area contributed by atoms with Gasteiger partial charge in [0.2, 0.25) is 0 Å². The van der Waals surface area contributed by atoms with Crippen molar-refractivity contribution in [2.45, 2.75) is 26.1 Å². The molecule has 1 aliphatic heterocycles. The van der Waals surface area contributed by atoms with Crippen molar-refractivity contribution >= 4 is 17.3 Å². The molecule has 11 heteroatoms. The minimum absolute atomic E-state index is 0.421. The van der Waals surface area contributed by atoms with Crippen LogP contribution in [0.15, 0.2) is 42.9 Å². The molecule has 184 valence electrons. The maximum Gasteiger partial charge on any atom is 0.416 e. The fraction of sp³-hybridized carbons (Fsp3) is 0.375. The summed E-state index contributed by atoms with van der Waals surface area (Å²) < 4.78 is 48.1. The highest BCUT2D eigenvalue weighted by Gasteiger charge is 2.30. The summed E-state index contributed by atoms with van der Waals surface area (Å²) in [6.07, 6.45) is -0.377.